The Morgan fingerprint density at radius 1 is 1.34 bits per heavy atom. The van der Waals surface area contributed by atoms with Crippen LogP contribution < -0.4 is 24.2 Å². The van der Waals surface area contributed by atoms with E-state index in [2.05, 4.69) is 36.3 Å². The number of nitrogens with zero attached hydrogens (tertiary/aromatic N) is 1. The molecule has 1 aromatic heterocycles. The number of aromatic nitrogens is 1. The monoisotopic (exact) mass is 402 g/mol. The molecule has 0 radical (unpaired) electrons. The Balaban J connectivity index is 0.000000469. The molecule has 2 N–H and O–H groups in total. The number of hydrogen-bond donors (Lipinski definition) is 2. The number of fused-ring (bicyclic) bond motifs is 1. The summed E-state index contributed by atoms with van der Waals surface area (Å²) < 4.78 is 23.0. The third-order valence-electron chi connectivity index (χ3n) is 4.63. The molecule has 1 aliphatic heterocycles. The zero-order chi connectivity index (χ0) is 21.0. The normalized spacial score (nSPS) is 16.7. The van der Waals surface area contributed by atoms with Crippen LogP contribution in [-0.4, -0.2) is 28.5 Å². The molecule has 1 atom stereocenters. The van der Waals surface area contributed by atoms with Crippen LogP contribution in [0.4, 0.5) is 14.6 Å². The SMILES string of the molecule is FC1(F)C[CH-]C1.[CH2-]CCCCc1ccc2c(n1)NCCC2.[CH2-]C[C@H](C)C(=O)O.[Li+]. The summed E-state index contributed by atoms with van der Waals surface area (Å²) in [4.78, 5) is 14.5. The van der Waals surface area contributed by atoms with Gasteiger partial charge in [0.25, 0.3) is 0 Å². The quantitative estimate of drug-likeness (QED) is 0.436. The van der Waals surface area contributed by atoms with E-state index in [9.17, 15) is 13.6 Å². The standard InChI is InChI=1S/C13H19N2.C5H9O2.C4H5F2.Li/c1-2-3-4-7-12-9-8-11-6-5-10-14-13(11)15-12;1-3-4(2)5(6)7;5-4(6)2-1-3-4;/h8-9H,1-7,10H2,(H,14,15);4H,1,3H2,2H3,(H,6,7);1H,2-3H2;/q3*-1;+1/t;4-;;/m.0../s1. The molecule has 0 unspecified atom stereocenters. The molecule has 2 aliphatic rings. The van der Waals surface area contributed by atoms with Crippen molar-refractivity contribution in [1.82, 2.24) is 4.98 Å². The molecule has 0 saturated heterocycles. The van der Waals surface area contributed by atoms with Crippen LogP contribution in [0.2, 0.25) is 0 Å². The van der Waals surface area contributed by atoms with Gasteiger partial charge in [-0.15, -0.1) is 12.8 Å². The van der Waals surface area contributed by atoms with Crippen molar-refractivity contribution in [2.45, 2.75) is 70.6 Å². The third-order valence-corrected chi connectivity index (χ3v) is 4.63. The summed E-state index contributed by atoms with van der Waals surface area (Å²) in [5, 5.41) is 11.5. The van der Waals surface area contributed by atoms with Crippen molar-refractivity contribution in [3.8, 4) is 0 Å². The first-order chi connectivity index (χ1) is 13.3. The van der Waals surface area contributed by atoms with Gasteiger partial charge in [0.05, 0.1) is 0 Å². The zero-order valence-electron chi connectivity index (χ0n) is 17.9. The van der Waals surface area contributed by atoms with Gasteiger partial charge in [-0.1, -0.05) is 25.8 Å². The Morgan fingerprint density at radius 2 is 2.00 bits per heavy atom. The summed E-state index contributed by atoms with van der Waals surface area (Å²) in [6, 6.07) is 4.41. The average molecular weight is 402 g/mol. The van der Waals surface area contributed by atoms with E-state index in [4.69, 9.17) is 5.11 Å². The Morgan fingerprint density at radius 3 is 2.45 bits per heavy atom. The fourth-order valence-corrected chi connectivity index (χ4v) is 2.48. The van der Waals surface area contributed by atoms with Crippen molar-refractivity contribution in [3.63, 3.8) is 0 Å². The predicted octanol–water partition coefficient (Wildman–Crippen LogP) is 2.54. The van der Waals surface area contributed by atoms with Crippen LogP contribution >= 0.6 is 0 Å². The molecule has 2 heterocycles. The molecule has 0 bridgehead atoms. The molecular formula is C22H33F2LiN2O2-2. The van der Waals surface area contributed by atoms with Gasteiger partial charge in [-0.3, -0.25) is 4.79 Å². The smallest absolute Gasteiger partial charge is 0.481 e. The van der Waals surface area contributed by atoms with E-state index in [0.717, 1.165) is 25.2 Å². The number of carboxylic acids is 1. The fraction of sp³-hybridized carbons (Fsp3) is 0.591. The van der Waals surface area contributed by atoms with Gasteiger partial charge in [-0.05, 0) is 30.9 Å². The zero-order valence-corrected chi connectivity index (χ0v) is 17.9. The number of aryl methyl sites for hydroxylation is 2. The summed E-state index contributed by atoms with van der Waals surface area (Å²) in [5.41, 5.74) is 2.60. The maximum absolute atomic E-state index is 11.5. The molecular weight excluding hydrogens is 369 g/mol. The van der Waals surface area contributed by atoms with Crippen LogP contribution in [0.1, 0.15) is 63.1 Å². The number of halogens is 2. The molecule has 3 rings (SSSR count). The van der Waals surface area contributed by atoms with Crippen molar-refractivity contribution in [2.24, 2.45) is 5.92 Å². The summed E-state index contributed by atoms with van der Waals surface area (Å²) in [7, 11) is 0. The number of alkyl halides is 2. The van der Waals surface area contributed by atoms with Crippen molar-refractivity contribution in [2.75, 3.05) is 11.9 Å². The Kier molecular flexibility index (Phi) is 14.2. The molecule has 0 spiro atoms. The summed E-state index contributed by atoms with van der Waals surface area (Å²) >= 11 is 0. The largest absolute Gasteiger partial charge is 1.00 e. The molecule has 160 valence electrons. The second-order valence-electron chi connectivity index (χ2n) is 7.23. The van der Waals surface area contributed by atoms with E-state index < -0.39 is 11.9 Å². The van der Waals surface area contributed by atoms with Crippen molar-refractivity contribution in [1.29, 1.82) is 0 Å². The molecule has 4 nitrogen and oxygen atoms in total. The van der Waals surface area contributed by atoms with Gasteiger partial charge in [-0.2, -0.15) is 12.8 Å². The number of nitrogens with one attached hydrogen (secondary N) is 1. The number of rotatable bonds is 6. The van der Waals surface area contributed by atoms with Crippen molar-refractivity contribution >= 4 is 11.8 Å². The average Bonchev–Trinajstić information content (AvgIpc) is 2.67. The van der Waals surface area contributed by atoms with Crippen LogP contribution in [0.15, 0.2) is 12.1 Å². The molecule has 29 heavy (non-hydrogen) atoms. The molecule has 1 aliphatic carbocycles. The first-order valence-electron chi connectivity index (χ1n) is 10.0. The van der Waals surface area contributed by atoms with Gasteiger partial charge in [0.1, 0.15) is 5.82 Å². The van der Waals surface area contributed by atoms with E-state index in [1.165, 1.54) is 36.9 Å². The van der Waals surface area contributed by atoms with Crippen LogP contribution in [0.25, 0.3) is 0 Å². The molecule has 0 amide bonds. The van der Waals surface area contributed by atoms with E-state index >= 15 is 0 Å². The predicted molar refractivity (Wildman–Crippen MR) is 109 cm³/mol. The van der Waals surface area contributed by atoms with Gasteiger partial charge < -0.3 is 30.7 Å². The number of aliphatic carboxylic acids is 1. The van der Waals surface area contributed by atoms with Crippen LogP contribution in [0.3, 0.4) is 0 Å². The summed E-state index contributed by atoms with van der Waals surface area (Å²) in [5.74, 6) is -2.27. The number of unbranched alkanes of at least 4 members (excludes halogenated alkanes) is 2. The first kappa shape index (κ1) is 27.9. The maximum Gasteiger partial charge on any atom is 1.00 e. The van der Waals surface area contributed by atoms with Crippen molar-refractivity contribution < 1.29 is 37.5 Å². The number of pyridine rings is 1. The van der Waals surface area contributed by atoms with Gasteiger partial charge >= 0.3 is 24.8 Å². The van der Waals surface area contributed by atoms with E-state index in [-0.39, 0.29) is 37.6 Å². The number of carbonyl (C=O) groups is 1. The van der Waals surface area contributed by atoms with Gasteiger partial charge in [0.2, 0.25) is 0 Å². The Hall–Kier alpha value is -1.12. The number of carboxylic acid groups (broad SMARTS) is 1. The van der Waals surface area contributed by atoms with Gasteiger partial charge in [0, 0.05) is 18.2 Å². The Bertz CT molecular complexity index is 594. The van der Waals surface area contributed by atoms with E-state index in [0.29, 0.717) is 6.42 Å². The van der Waals surface area contributed by atoms with Gasteiger partial charge in [-0.25, -0.2) is 13.8 Å². The molecule has 1 fully saturated rings. The maximum atomic E-state index is 11.5. The first-order valence-corrected chi connectivity index (χ1v) is 10.0. The molecule has 1 aromatic rings. The van der Waals surface area contributed by atoms with E-state index in [1.54, 1.807) is 13.3 Å². The minimum Gasteiger partial charge on any atom is -0.481 e. The molecule has 1 saturated carbocycles. The topological polar surface area (TPSA) is 62.2 Å². The second kappa shape index (κ2) is 14.8. The fourth-order valence-electron chi connectivity index (χ4n) is 2.48. The molecule has 7 heteroatoms. The van der Waals surface area contributed by atoms with E-state index in [1.807, 2.05) is 0 Å². The Labute approximate surface area is 186 Å². The minimum absolute atomic E-state index is 0. The van der Waals surface area contributed by atoms with Crippen LogP contribution in [0.5, 0.6) is 0 Å². The minimum atomic E-state index is -2.33. The third kappa shape index (κ3) is 11.6. The van der Waals surface area contributed by atoms with Crippen LogP contribution in [0, 0.1) is 26.2 Å². The summed E-state index contributed by atoms with van der Waals surface area (Å²) in [6.45, 7) is 9.99. The second-order valence-corrected chi connectivity index (χ2v) is 7.23. The van der Waals surface area contributed by atoms with Crippen molar-refractivity contribution in [3.05, 3.63) is 43.7 Å². The van der Waals surface area contributed by atoms with Crippen LogP contribution in [-0.2, 0) is 17.6 Å². The number of hydrogen-bond acceptors (Lipinski definition) is 3. The number of anilines is 1. The molecule has 0 aromatic carbocycles. The summed E-state index contributed by atoms with van der Waals surface area (Å²) in [6.07, 6.45) is 8.97. The van der Waals surface area contributed by atoms with Gasteiger partial charge in [0.15, 0.2) is 5.92 Å².